The number of rotatable bonds is 1. The summed E-state index contributed by atoms with van der Waals surface area (Å²) in [5.41, 5.74) is 1.96. The molecule has 0 spiro atoms. The Hall–Kier alpha value is -2.29. The molecule has 0 bridgehead atoms. The number of nitrogen functional groups attached to an aromatic ring is 1. The average molecular weight is 387 g/mol. The van der Waals surface area contributed by atoms with Gasteiger partial charge in [0.15, 0.2) is 0 Å². The summed E-state index contributed by atoms with van der Waals surface area (Å²) in [6.07, 6.45) is -5.84. The molecule has 1 amide bonds. The summed E-state index contributed by atoms with van der Waals surface area (Å²) in [5.74, 6) is -0.666. The van der Waals surface area contributed by atoms with Crippen molar-refractivity contribution < 1.29 is 27.4 Å². The topological polar surface area (TPSA) is 85.9 Å². The van der Waals surface area contributed by atoms with Crippen LogP contribution < -0.4 is 11.1 Å². The van der Waals surface area contributed by atoms with Crippen LogP contribution in [0, 0.1) is 0 Å². The molecule has 6 nitrogen and oxygen atoms in total. The molecular weight excluding hydrogens is 363 g/mol. The molecule has 0 radical (unpaired) electrons. The highest BCUT2D eigenvalue weighted by Gasteiger charge is 2.60. The maximum atomic E-state index is 13.7. The number of alkyl halides is 3. The number of amides is 1. The molecule has 2 atom stereocenters. The Morgan fingerprint density at radius 2 is 1.93 bits per heavy atom. The summed E-state index contributed by atoms with van der Waals surface area (Å²) in [4.78, 5) is 16.3. The maximum Gasteiger partial charge on any atom is 0.424 e. The summed E-state index contributed by atoms with van der Waals surface area (Å²) >= 11 is 0. The van der Waals surface area contributed by atoms with Crippen LogP contribution in [0.1, 0.15) is 40.2 Å². The van der Waals surface area contributed by atoms with E-state index in [0.717, 1.165) is 6.92 Å². The van der Waals surface area contributed by atoms with Gasteiger partial charge in [0.05, 0.1) is 6.61 Å². The van der Waals surface area contributed by atoms with Crippen LogP contribution in [0.5, 0.6) is 0 Å². The number of aliphatic imine (C=N–C) groups is 1. The van der Waals surface area contributed by atoms with Crippen molar-refractivity contribution in [1.29, 1.82) is 0 Å². The molecule has 0 saturated heterocycles. The maximum absolute atomic E-state index is 13.7. The van der Waals surface area contributed by atoms with E-state index in [4.69, 9.17) is 15.2 Å². The molecule has 0 fully saturated rings. The molecule has 0 unspecified atom stereocenters. The molecule has 1 aliphatic heterocycles. The van der Waals surface area contributed by atoms with E-state index >= 15 is 0 Å². The first-order valence-electron chi connectivity index (χ1n) is 8.33. The van der Waals surface area contributed by atoms with Crippen molar-refractivity contribution in [2.24, 2.45) is 4.99 Å². The molecule has 1 heterocycles. The first kappa shape index (κ1) is 21.0. The fourth-order valence-corrected chi connectivity index (χ4v) is 2.52. The lowest BCUT2D eigenvalue weighted by Gasteiger charge is -2.42. The van der Waals surface area contributed by atoms with Crippen molar-refractivity contribution >= 4 is 17.6 Å². The van der Waals surface area contributed by atoms with E-state index < -0.39 is 34.8 Å². The van der Waals surface area contributed by atoms with Gasteiger partial charge in [-0.05, 0) is 52.3 Å². The molecule has 0 saturated carbocycles. The Labute approximate surface area is 155 Å². The predicted molar refractivity (Wildman–Crippen MR) is 95.4 cm³/mol. The zero-order valence-corrected chi connectivity index (χ0v) is 15.9. The number of ether oxygens (including phenoxy) is 2. The molecule has 1 aromatic rings. The molecule has 1 aliphatic rings. The van der Waals surface area contributed by atoms with Crippen LogP contribution in [0.2, 0.25) is 0 Å². The standard InChI is InChI=1S/C18H24F3N3O3/c1-15(2,3)27-14(25)23-13-17(5,18(19,20)21)26-10-16(4,24-13)11-7-6-8-12(22)9-11/h6-9H,10,22H2,1-5H3,(H,23,24,25)/t16-,17+/m0/s1. The number of anilines is 1. The van der Waals surface area contributed by atoms with Crippen molar-refractivity contribution in [1.82, 2.24) is 5.32 Å². The third-order valence-electron chi connectivity index (χ3n) is 4.12. The highest BCUT2D eigenvalue weighted by Crippen LogP contribution is 2.41. The van der Waals surface area contributed by atoms with E-state index in [2.05, 4.69) is 10.3 Å². The van der Waals surface area contributed by atoms with Gasteiger partial charge in [0.1, 0.15) is 17.0 Å². The zero-order valence-electron chi connectivity index (χ0n) is 15.9. The molecule has 9 heteroatoms. The van der Waals surface area contributed by atoms with Gasteiger partial charge in [-0.1, -0.05) is 12.1 Å². The Morgan fingerprint density at radius 1 is 1.30 bits per heavy atom. The van der Waals surface area contributed by atoms with Crippen LogP contribution in [-0.4, -0.2) is 35.9 Å². The van der Waals surface area contributed by atoms with Crippen molar-refractivity contribution in [3.05, 3.63) is 29.8 Å². The van der Waals surface area contributed by atoms with Crippen molar-refractivity contribution in [2.45, 2.75) is 57.5 Å². The number of halogens is 3. The Balaban J connectivity index is 2.48. The summed E-state index contributed by atoms with van der Waals surface area (Å²) in [7, 11) is 0. The van der Waals surface area contributed by atoms with Gasteiger partial charge in [0.25, 0.3) is 0 Å². The number of carbonyl (C=O) groups is 1. The second kappa shape index (κ2) is 6.70. The van der Waals surface area contributed by atoms with Gasteiger partial charge in [-0.25, -0.2) is 4.79 Å². The van der Waals surface area contributed by atoms with Gasteiger partial charge in [0.2, 0.25) is 5.60 Å². The Kier molecular flexibility index (Phi) is 5.22. The number of nitrogens with zero attached hydrogens (tertiary/aromatic N) is 1. The lowest BCUT2D eigenvalue weighted by molar-refractivity contribution is -0.250. The lowest BCUT2D eigenvalue weighted by atomic mass is 9.89. The largest absolute Gasteiger partial charge is 0.444 e. The predicted octanol–water partition coefficient (Wildman–Crippen LogP) is 3.76. The van der Waals surface area contributed by atoms with Gasteiger partial charge in [0, 0.05) is 5.69 Å². The van der Waals surface area contributed by atoms with E-state index in [-0.39, 0.29) is 6.61 Å². The first-order chi connectivity index (χ1) is 12.2. The molecule has 27 heavy (non-hydrogen) atoms. The van der Waals surface area contributed by atoms with Crippen LogP contribution in [0.25, 0.3) is 0 Å². The summed E-state index contributed by atoms with van der Waals surface area (Å²) in [6.45, 7) is 6.89. The fourth-order valence-electron chi connectivity index (χ4n) is 2.52. The number of benzene rings is 1. The third-order valence-corrected chi connectivity index (χ3v) is 4.12. The second-order valence-corrected chi connectivity index (χ2v) is 7.81. The van der Waals surface area contributed by atoms with Gasteiger partial charge in [-0.15, -0.1) is 0 Å². The number of nitrogens with two attached hydrogens (primary N) is 1. The minimum atomic E-state index is -4.79. The first-order valence-corrected chi connectivity index (χ1v) is 8.33. The molecule has 0 aromatic heterocycles. The minimum absolute atomic E-state index is 0.341. The molecule has 2 rings (SSSR count). The van der Waals surface area contributed by atoms with Gasteiger partial charge in [-0.2, -0.15) is 13.2 Å². The van der Waals surface area contributed by atoms with Gasteiger partial charge >= 0.3 is 12.3 Å². The molecule has 150 valence electrons. The van der Waals surface area contributed by atoms with E-state index in [1.54, 1.807) is 52.0 Å². The molecular formula is C18H24F3N3O3. The SMILES string of the molecule is CC(C)(C)OC(=O)NC1=N[C@](C)(c2cccc(N)c2)CO[C@@]1(C)C(F)(F)F. The third kappa shape index (κ3) is 4.52. The molecule has 1 aromatic carbocycles. The minimum Gasteiger partial charge on any atom is -0.444 e. The van der Waals surface area contributed by atoms with Gasteiger partial charge < -0.3 is 15.2 Å². The highest BCUT2D eigenvalue weighted by molar-refractivity contribution is 6.01. The number of nitrogens with one attached hydrogen (secondary N) is 1. The lowest BCUT2D eigenvalue weighted by Crippen LogP contribution is -2.62. The van der Waals surface area contributed by atoms with E-state index in [1.165, 1.54) is 0 Å². The van der Waals surface area contributed by atoms with Crippen LogP contribution >= 0.6 is 0 Å². The quantitative estimate of drug-likeness (QED) is 0.719. The Bertz CT molecular complexity index is 758. The fraction of sp³-hybridized carbons (Fsp3) is 0.556. The highest BCUT2D eigenvalue weighted by atomic mass is 19.4. The van der Waals surface area contributed by atoms with Crippen LogP contribution in [-0.2, 0) is 15.0 Å². The summed E-state index contributed by atoms with van der Waals surface area (Å²) in [6, 6.07) is 6.61. The van der Waals surface area contributed by atoms with Crippen LogP contribution in [0.15, 0.2) is 29.3 Å². The number of amidine groups is 1. The summed E-state index contributed by atoms with van der Waals surface area (Å²) < 4.78 is 51.3. The number of alkyl carbamates (subject to hydrolysis) is 1. The van der Waals surface area contributed by atoms with Crippen molar-refractivity contribution in [2.75, 3.05) is 12.3 Å². The second-order valence-electron chi connectivity index (χ2n) is 7.81. The van der Waals surface area contributed by atoms with Crippen LogP contribution in [0.4, 0.5) is 23.7 Å². The van der Waals surface area contributed by atoms with E-state index in [9.17, 15) is 18.0 Å². The van der Waals surface area contributed by atoms with Gasteiger partial charge in [-0.3, -0.25) is 10.3 Å². The summed E-state index contributed by atoms with van der Waals surface area (Å²) in [5, 5.41) is 2.12. The zero-order chi connectivity index (χ0) is 20.7. The number of hydrogen-bond acceptors (Lipinski definition) is 5. The smallest absolute Gasteiger partial charge is 0.424 e. The van der Waals surface area contributed by atoms with Crippen molar-refractivity contribution in [3.8, 4) is 0 Å². The van der Waals surface area contributed by atoms with E-state index in [0.29, 0.717) is 11.3 Å². The van der Waals surface area contributed by atoms with Crippen LogP contribution in [0.3, 0.4) is 0 Å². The number of carbonyl (C=O) groups excluding carboxylic acids is 1. The molecule has 3 N–H and O–H groups in total. The van der Waals surface area contributed by atoms with E-state index in [1.807, 2.05) is 0 Å². The monoisotopic (exact) mass is 387 g/mol. The normalized spacial score (nSPS) is 26.3. The Morgan fingerprint density at radius 3 is 2.44 bits per heavy atom. The number of hydrogen-bond donors (Lipinski definition) is 2. The van der Waals surface area contributed by atoms with Crippen molar-refractivity contribution in [3.63, 3.8) is 0 Å². The molecule has 0 aliphatic carbocycles. The average Bonchev–Trinajstić information content (AvgIpc) is 2.48.